The fourth-order valence-corrected chi connectivity index (χ4v) is 4.39. The van der Waals surface area contributed by atoms with Gasteiger partial charge < -0.3 is 9.80 Å². The van der Waals surface area contributed by atoms with Gasteiger partial charge in [-0.15, -0.1) is 0 Å². The average molecular weight is 315 g/mol. The predicted octanol–water partition coefficient (Wildman–Crippen LogP) is 2.97. The number of piperazine rings is 1. The molecule has 2 fully saturated rings. The lowest BCUT2D eigenvalue weighted by atomic mass is 10.1. The van der Waals surface area contributed by atoms with Gasteiger partial charge in [0.25, 0.3) is 0 Å². The second-order valence-corrected chi connectivity index (χ2v) is 7.52. The minimum absolute atomic E-state index is 0.333. The first kappa shape index (κ1) is 14.0. The molecule has 1 amide bonds. The maximum atomic E-state index is 12.1. The van der Waals surface area contributed by atoms with E-state index in [0.717, 1.165) is 49.7 Å². The van der Waals surface area contributed by atoms with E-state index in [1.54, 1.807) is 11.3 Å². The molecule has 5 heteroatoms. The van der Waals surface area contributed by atoms with Crippen molar-refractivity contribution in [2.75, 3.05) is 31.1 Å². The van der Waals surface area contributed by atoms with Crippen LogP contribution in [0.1, 0.15) is 24.0 Å². The van der Waals surface area contributed by atoms with Crippen molar-refractivity contribution in [2.24, 2.45) is 5.92 Å². The standard InChI is InChI=1S/C17H21N3OS/c1-11-9-12(2)15-14(10-11)22-17(18-15)20-7-5-19(6-8-20)16(21)13-3-4-13/h9-10,13H,3-8H2,1-2H3. The highest BCUT2D eigenvalue weighted by molar-refractivity contribution is 7.22. The molecule has 0 atom stereocenters. The van der Waals surface area contributed by atoms with Gasteiger partial charge in [0, 0.05) is 32.1 Å². The predicted molar refractivity (Wildman–Crippen MR) is 90.6 cm³/mol. The summed E-state index contributed by atoms with van der Waals surface area (Å²) in [7, 11) is 0. The zero-order chi connectivity index (χ0) is 15.3. The Morgan fingerprint density at radius 1 is 1.18 bits per heavy atom. The first-order valence-electron chi connectivity index (χ1n) is 8.03. The number of thiazole rings is 1. The fourth-order valence-electron chi connectivity index (χ4n) is 3.20. The van der Waals surface area contributed by atoms with E-state index in [1.165, 1.54) is 15.8 Å². The molecule has 0 radical (unpaired) electrons. The number of aromatic nitrogens is 1. The lowest BCUT2D eigenvalue weighted by molar-refractivity contribution is -0.132. The minimum Gasteiger partial charge on any atom is -0.345 e. The van der Waals surface area contributed by atoms with Gasteiger partial charge in [-0.1, -0.05) is 17.4 Å². The maximum absolute atomic E-state index is 12.1. The van der Waals surface area contributed by atoms with Crippen LogP contribution in [0.2, 0.25) is 0 Å². The number of anilines is 1. The molecule has 4 nitrogen and oxygen atoms in total. The van der Waals surface area contributed by atoms with Crippen LogP contribution in [-0.2, 0) is 4.79 Å². The van der Waals surface area contributed by atoms with Crippen molar-refractivity contribution in [2.45, 2.75) is 26.7 Å². The van der Waals surface area contributed by atoms with Crippen molar-refractivity contribution in [1.82, 2.24) is 9.88 Å². The van der Waals surface area contributed by atoms with Gasteiger partial charge in [-0.2, -0.15) is 0 Å². The van der Waals surface area contributed by atoms with E-state index in [-0.39, 0.29) is 0 Å². The highest BCUT2D eigenvalue weighted by Crippen LogP contribution is 2.34. The van der Waals surface area contributed by atoms with E-state index < -0.39 is 0 Å². The molecular formula is C17H21N3OS. The summed E-state index contributed by atoms with van der Waals surface area (Å²) < 4.78 is 1.27. The van der Waals surface area contributed by atoms with E-state index in [9.17, 15) is 4.79 Å². The van der Waals surface area contributed by atoms with Crippen LogP contribution in [0, 0.1) is 19.8 Å². The summed E-state index contributed by atoms with van der Waals surface area (Å²) in [6, 6.07) is 4.41. The van der Waals surface area contributed by atoms with E-state index in [2.05, 4.69) is 30.9 Å². The van der Waals surface area contributed by atoms with Crippen molar-refractivity contribution in [1.29, 1.82) is 0 Å². The number of benzene rings is 1. The van der Waals surface area contributed by atoms with Gasteiger partial charge in [-0.05, 0) is 43.9 Å². The topological polar surface area (TPSA) is 36.4 Å². The summed E-state index contributed by atoms with van der Waals surface area (Å²) in [6.07, 6.45) is 2.19. The smallest absolute Gasteiger partial charge is 0.225 e. The Kier molecular flexibility index (Phi) is 3.33. The molecule has 1 saturated carbocycles. The number of aryl methyl sites for hydroxylation is 2. The molecule has 0 unspecified atom stereocenters. The number of hydrogen-bond acceptors (Lipinski definition) is 4. The Labute approximate surface area is 134 Å². The Morgan fingerprint density at radius 2 is 1.91 bits per heavy atom. The molecule has 2 aromatic rings. The molecular weight excluding hydrogens is 294 g/mol. The van der Waals surface area contributed by atoms with Crippen LogP contribution in [0.15, 0.2) is 12.1 Å². The van der Waals surface area contributed by atoms with Crippen LogP contribution < -0.4 is 4.90 Å². The Morgan fingerprint density at radius 3 is 2.59 bits per heavy atom. The number of fused-ring (bicyclic) bond motifs is 1. The molecule has 1 aliphatic heterocycles. The van der Waals surface area contributed by atoms with Gasteiger partial charge >= 0.3 is 0 Å². The zero-order valence-electron chi connectivity index (χ0n) is 13.1. The van der Waals surface area contributed by atoms with Gasteiger partial charge in [-0.25, -0.2) is 4.98 Å². The van der Waals surface area contributed by atoms with Crippen molar-refractivity contribution in [3.8, 4) is 0 Å². The normalized spacial score (nSPS) is 19.0. The molecule has 1 aromatic heterocycles. The van der Waals surface area contributed by atoms with Gasteiger partial charge in [-0.3, -0.25) is 4.79 Å². The average Bonchev–Trinajstić information content (AvgIpc) is 3.26. The number of nitrogens with zero attached hydrogens (tertiary/aromatic N) is 3. The van der Waals surface area contributed by atoms with Gasteiger partial charge in [0.05, 0.1) is 10.2 Å². The molecule has 0 bridgehead atoms. The van der Waals surface area contributed by atoms with E-state index in [4.69, 9.17) is 4.98 Å². The monoisotopic (exact) mass is 315 g/mol. The summed E-state index contributed by atoms with van der Waals surface area (Å²) in [5.74, 6) is 0.704. The SMILES string of the molecule is Cc1cc(C)c2nc(N3CCN(C(=O)C4CC4)CC3)sc2c1. The second kappa shape index (κ2) is 5.23. The molecule has 1 saturated heterocycles. The van der Waals surface area contributed by atoms with Crippen molar-refractivity contribution in [3.63, 3.8) is 0 Å². The maximum Gasteiger partial charge on any atom is 0.225 e. The van der Waals surface area contributed by atoms with Gasteiger partial charge in [0.15, 0.2) is 5.13 Å². The molecule has 0 spiro atoms. The Balaban J connectivity index is 1.51. The summed E-state index contributed by atoms with van der Waals surface area (Å²) in [4.78, 5) is 21.3. The van der Waals surface area contributed by atoms with Crippen LogP contribution in [0.25, 0.3) is 10.2 Å². The number of carbonyl (C=O) groups excluding carboxylic acids is 1. The molecule has 22 heavy (non-hydrogen) atoms. The van der Waals surface area contributed by atoms with Gasteiger partial charge in [0.2, 0.25) is 5.91 Å². The van der Waals surface area contributed by atoms with Crippen LogP contribution in [0.5, 0.6) is 0 Å². The van der Waals surface area contributed by atoms with E-state index in [0.29, 0.717) is 11.8 Å². The van der Waals surface area contributed by atoms with E-state index in [1.807, 2.05) is 4.90 Å². The lowest BCUT2D eigenvalue weighted by Crippen LogP contribution is -2.49. The molecule has 2 heterocycles. The summed E-state index contributed by atoms with van der Waals surface area (Å²) >= 11 is 1.77. The molecule has 116 valence electrons. The van der Waals surface area contributed by atoms with Crippen LogP contribution in [0.4, 0.5) is 5.13 Å². The van der Waals surface area contributed by atoms with Crippen LogP contribution in [-0.4, -0.2) is 42.0 Å². The van der Waals surface area contributed by atoms with Crippen molar-refractivity contribution < 1.29 is 4.79 Å². The molecule has 0 N–H and O–H groups in total. The highest BCUT2D eigenvalue weighted by atomic mass is 32.1. The minimum atomic E-state index is 0.333. The summed E-state index contributed by atoms with van der Waals surface area (Å²) in [5, 5.41) is 1.10. The lowest BCUT2D eigenvalue weighted by Gasteiger charge is -2.34. The Hall–Kier alpha value is -1.62. The molecule has 1 aliphatic carbocycles. The van der Waals surface area contributed by atoms with Gasteiger partial charge in [0.1, 0.15) is 0 Å². The summed E-state index contributed by atoms with van der Waals surface area (Å²) in [5.41, 5.74) is 3.67. The first-order valence-corrected chi connectivity index (χ1v) is 8.85. The number of rotatable bonds is 2. The highest BCUT2D eigenvalue weighted by Gasteiger charge is 2.34. The quantitative estimate of drug-likeness (QED) is 0.855. The fraction of sp³-hybridized carbons (Fsp3) is 0.529. The second-order valence-electron chi connectivity index (χ2n) is 6.51. The first-order chi connectivity index (χ1) is 10.6. The number of hydrogen-bond donors (Lipinski definition) is 0. The van der Waals surface area contributed by atoms with Crippen molar-refractivity contribution >= 4 is 32.6 Å². The zero-order valence-corrected chi connectivity index (χ0v) is 13.9. The van der Waals surface area contributed by atoms with Crippen LogP contribution in [0.3, 0.4) is 0 Å². The van der Waals surface area contributed by atoms with Crippen molar-refractivity contribution in [3.05, 3.63) is 23.3 Å². The van der Waals surface area contributed by atoms with Crippen LogP contribution >= 0.6 is 11.3 Å². The third-order valence-electron chi connectivity index (χ3n) is 4.61. The summed E-state index contributed by atoms with van der Waals surface area (Å²) in [6.45, 7) is 7.73. The Bertz CT molecular complexity index is 727. The number of amides is 1. The third-order valence-corrected chi connectivity index (χ3v) is 5.67. The largest absolute Gasteiger partial charge is 0.345 e. The molecule has 1 aromatic carbocycles. The number of carbonyl (C=O) groups is 1. The third kappa shape index (κ3) is 2.47. The molecule has 2 aliphatic rings. The molecule has 4 rings (SSSR count). The van der Waals surface area contributed by atoms with E-state index >= 15 is 0 Å².